The van der Waals surface area contributed by atoms with Crippen molar-refractivity contribution in [2.45, 2.75) is 0 Å². The summed E-state index contributed by atoms with van der Waals surface area (Å²) in [6.07, 6.45) is 3.78. The molecule has 1 amide bonds. The number of carbonyl (C=O) groups excluding carboxylic acids is 1. The second-order valence-corrected chi connectivity index (χ2v) is 6.82. The molecule has 0 bridgehead atoms. The predicted molar refractivity (Wildman–Crippen MR) is 106 cm³/mol. The average molecular weight is 420 g/mol. The summed E-state index contributed by atoms with van der Waals surface area (Å²) in [5.41, 5.74) is 3.10. The highest BCUT2D eigenvalue weighted by molar-refractivity contribution is 9.10. The van der Waals surface area contributed by atoms with Crippen molar-refractivity contribution in [2.75, 3.05) is 13.2 Å². The lowest BCUT2D eigenvalue weighted by atomic mass is 10.1. The highest BCUT2D eigenvalue weighted by Gasteiger charge is 2.16. The van der Waals surface area contributed by atoms with Crippen molar-refractivity contribution in [3.8, 4) is 0 Å². The molecule has 0 aliphatic rings. The van der Waals surface area contributed by atoms with Crippen LogP contribution in [0.1, 0.15) is 21.6 Å². The first-order valence-electron chi connectivity index (χ1n) is 7.72. The molecule has 3 N–H and O–H groups in total. The summed E-state index contributed by atoms with van der Waals surface area (Å²) in [5, 5.41) is 13.2. The van der Waals surface area contributed by atoms with Crippen LogP contribution < -0.4 is 5.32 Å². The van der Waals surface area contributed by atoms with Crippen LogP contribution in [-0.2, 0) is 0 Å². The summed E-state index contributed by atoms with van der Waals surface area (Å²) < 4.78 is 0.928. The van der Waals surface area contributed by atoms with Gasteiger partial charge < -0.3 is 15.4 Å². The monoisotopic (exact) mass is 418 g/mol. The molecule has 25 heavy (non-hydrogen) atoms. The van der Waals surface area contributed by atoms with Gasteiger partial charge in [0.2, 0.25) is 0 Å². The van der Waals surface area contributed by atoms with Gasteiger partial charge in [-0.25, -0.2) is 0 Å². The van der Waals surface area contributed by atoms with Crippen LogP contribution in [0.4, 0.5) is 0 Å². The molecule has 0 aliphatic heterocycles. The maximum absolute atomic E-state index is 12.5. The topological polar surface area (TPSA) is 65.1 Å². The maximum atomic E-state index is 12.5. The molecular formula is C19H16BrClN2O2. The van der Waals surface area contributed by atoms with E-state index in [1.165, 1.54) is 0 Å². The summed E-state index contributed by atoms with van der Waals surface area (Å²) in [5.74, 6) is -0.224. The molecule has 3 rings (SSSR count). The summed E-state index contributed by atoms with van der Waals surface area (Å²) >= 11 is 9.35. The van der Waals surface area contributed by atoms with E-state index in [1.807, 2.05) is 54.6 Å². The molecule has 6 heteroatoms. The molecule has 0 spiro atoms. The number of aliphatic hydroxyl groups excluding tert-OH is 1. The third-order valence-corrected chi connectivity index (χ3v) is 4.47. The van der Waals surface area contributed by atoms with Crippen molar-refractivity contribution in [1.29, 1.82) is 0 Å². The number of carbonyl (C=O) groups is 1. The minimum absolute atomic E-state index is 0.102. The van der Waals surface area contributed by atoms with E-state index in [4.69, 9.17) is 16.7 Å². The molecule has 0 atom stereocenters. The van der Waals surface area contributed by atoms with Crippen LogP contribution in [0.25, 0.3) is 23.1 Å². The second kappa shape index (κ2) is 7.87. The number of amides is 1. The lowest BCUT2D eigenvalue weighted by molar-refractivity contribution is 0.0946. The van der Waals surface area contributed by atoms with Crippen molar-refractivity contribution in [3.63, 3.8) is 0 Å². The number of hydrogen-bond acceptors (Lipinski definition) is 2. The summed E-state index contributed by atoms with van der Waals surface area (Å²) in [6, 6.07) is 13.2. The van der Waals surface area contributed by atoms with Gasteiger partial charge >= 0.3 is 0 Å². The molecule has 0 unspecified atom stereocenters. The van der Waals surface area contributed by atoms with E-state index in [0.717, 1.165) is 20.9 Å². The lowest BCUT2D eigenvalue weighted by Gasteiger charge is -2.04. The minimum atomic E-state index is -0.224. The largest absolute Gasteiger partial charge is 0.395 e. The summed E-state index contributed by atoms with van der Waals surface area (Å²) in [6.45, 7) is 0.109. The molecule has 1 aromatic heterocycles. The standard InChI is InChI=1S/C19H16BrClN2O2/c20-13-4-7-15-17(11-13)23-16(18(15)19(25)22-9-10-24)8-3-12-1-5-14(21)6-2-12/h1-8,11,23-24H,9-10H2,(H,22,25)/b8-3+. The Morgan fingerprint density at radius 3 is 2.68 bits per heavy atom. The van der Waals surface area contributed by atoms with E-state index >= 15 is 0 Å². The molecule has 0 radical (unpaired) electrons. The van der Waals surface area contributed by atoms with Crippen molar-refractivity contribution >= 4 is 56.5 Å². The molecule has 0 fully saturated rings. The average Bonchev–Trinajstić information content (AvgIpc) is 2.96. The Hall–Kier alpha value is -2.08. The first kappa shape index (κ1) is 17.7. The van der Waals surface area contributed by atoms with Crippen LogP contribution in [0.2, 0.25) is 5.02 Å². The van der Waals surface area contributed by atoms with E-state index in [-0.39, 0.29) is 19.1 Å². The third-order valence-electron chi connectivity index (χ3n) is 3.73. The van der Waals surface area contributed by atoms with Gasteiger partial charge in [0.25, 0.3) is 5.91 Å². The molecule has 1 heterocycles. The minimum Gasteiger partial charge on any atom is -0.395 e. The molecule has 4 nitrogen and oxygen atoms in total. The van der Waals surface area contributed by atoms with Gasteiger partial charge in [0.05, 0.1) is 17.9 Å². The number of fused-ring (bicyclic) bond motifs is 1. The highest BCUT2D eigenvalue weighted by Crippen LogP contribution is 2.27. The van der Waals surface area contributed by atoms with Gasteiger partial charge in [-0.15, -0.1) is 0 Å². The Kier molecular flexibility index (Phi) is 5.58. The predicted octanol–water partition coefficient (Wildman–Crippen LogP) is 4.48. The van der Waals surface area contributed by atoms with E-state index in [1.54, 1.807) is 0 Å². The smallest absolute Gasteiger partial charge is 0.254 e. The highest BCUT2D eigenvalue weighted by atomic mass is 79.9. The van der Waals surface area contributed by atoms with Crippen molar-refractivity contribution in [2.24, 2.45) is 0 Å². The van der Waals surface area contributed by atoms with Crippen LogP contribution in [0.15, 0.2) is 46.9 Å². The van der Waals surface area contributed by atoms with Gasteiger partial charge in [-0.1, -0.05) is 51.8 Å². The van der Waals surface area contributed by atoms with Gasteiger partial charge in [0.15, 0.2) is 0 Å². The molecule has 0 saturated heterocycles. The quantitative estimate of drug-likeness (QED) is 0.571. The lowest BCUT2D eigenvalue weighted by Crippen LogP contribution is -2.26. The Bertz CT molecular complexity index is 932. The number of rotatable bonds is 5. The zero-order valence-corrected chi connectivity index (χ0v) is 15.6. The zero-order chi connectivity index (χ0) is 17.8. The Morgan fingerprint density at radius 2 is 1.96 bits per heavy atom. The number of nitrogens with one attached hydrogen (secondary N) is 2. The van der Waals surface area contributed by atoms with Gasteiger partial charge in [0, 0.05) is 26.9 Å². The summed E-state index contributed by atoms with van der Waals surface area (Å²) in [7, 11) is 0. The number of benzene rings is 2. The van der Waals surface area contributed by atoms with E-state index < -0.39 is 0 Å². The zero-order valence-electron chi connectivity index (χ0n) is 13.2. The van der Waals surface area contributed by atoms with Crippen LogP contribution in [0.5, 0.6) is 0 Å². The Balaban J connectivity index is 2.03. The number of halogens is 2. The molecule has 3 aromatic rings. The number of aromatic amines is 1. The van der Waals surface area contributed by atoms with Gasteiger partial charge in [0.1, 0.15) is 0 Å². The van der Waals surface area contributed by atoms with Crippen LogP contribution in [0, 0.1) is 0 Å². The van der Waals surface area contributed by atoms with Gasteiger partial charge in [-0.2, -0.15) is 0 Å². The van der Waals surface area contributed by atoms with E-state index in [2.05, 4.69) is 26.2 Å². The number of aliphatic hydroxyl groups is 1. The maximum Gasteiger partial charge on any atom is 0.254 e. The van der Waals surface area contributed by atoms with E-state index in [0.29, 0.717) is 16.3 Å². The van der Waals surface area contributed by atoms with Crippen molar-refractivity contribution in [3.05, 3.63) is 68.8 Å². The third kappa shape index (κ3) is 4.12. The fourth-order valence-corrected chi connectivity index (χ4v) is 3.06. The van der Waals surface area contributed by atoms with E-state index in [9.17, 15) is 4.79 Å². The first-order chi connectivity index (χ1) is 12.1. The fourth-order valence-electron chi connectivity index (χ4n) is 2.57. The molecular weight excluding hydrogens is 404 g/mol. The Labute approximate surface area is 158 Å². The number of hydrogen-bond donors (Lipinski definition) is 3. The van der Waals surface area contributed by atoms with Crippen LogP contribution in [-0.4, -0.2) is 29.1 Å². The number of aromatic nitrogens is 1. The fraction of sp³-hybridized carbons (Fsp3) is 0.105. The molecule has 0 saturated carbocycles. The van der Waals surface area contributed by atoms with Crippen molar-refractivity contribution in [1.82, 2.24) is 10.3 Å². The second-order valence-electron chi connectivity index (χ2n) is 5.47. The van der Waals surface area contributed by atoms with Crippen molar-refractivity contribution < 1.29 is 9.90 Å². The summed E-state index contributed by atoms with van der Waals surface area (Å²) in [4.78, 5) is 15.8. The molecule has 128 valence electrons. The Morgan fingerprint density at radius 1 is 1.20 bits per heavy atom. The SMILES string of the molecule is O=C(NCCO)c1c(/C=C/c2ccc(Cl)cc2)[nH]c2cc(Br)ccc12. The van der Waals surface area contributed by atoms with Gasteiger partial charge in [-0.05, 0) is 35.9 Å². The molecule has 0 aliphatic carbocycles. The van der Waals surface area contributed by atoms with Gasteiger partial charge in [-0.3, -0.25) is 4.79 Å². The van der Waals surface area contributed by atoms with Crippen LogP contribution >= 0.6 is 27.5 Å². The van der Waals surface area contributed by atoms with Crippen LogP contribution in [0.3, 0.4) is 0 Å². The first-order valence-corrected chi connectivity index (χ1v) is 8.89. The normalized spacial score (nSPS) is 11.3. The number of H-pyrrole nitrogens is 1. The molecule has 2 aromatic carbocycles.